The molecule has 1 heterocycles. The molecule has 3 rings (SSSR count). The number of ether oxygens (including phenoxy) is 2. The maximum absolute atomic E-state index is 11.6. The van der Waals surface area contributed by atoms with Gasteiger partial charge in [-0.15, -0.1) is 0 Å². The Labute approximate surface area is 140 Å². The standard InChI is InChI=1S/C19H18N2O3/c1-2-23-19(22)15-9-7-14(8-10-15)12-24-18-6-4-3-5-16(18)17-11-20-13-21-17/h3-11,13H,2,12H2,1H3,(H,20,21). The molecule has 0 saturated carbocycles. The van der Waals surface area contributed by atoms with Crippen molar-refractivity contribution in [3.63, 3.8) is 0 Å². The molecule has 0 unspecified atom stereocenters. The van der Waals surface area contributed by atoms with Gasteiger partial charge in [-0.3, -0.25) is 0 Å². The molecule has 24 heavy (non-hydrogen) atoms. The van der Waals surface area contributed by atoms with Crippen LogP contribution in [0.2, 0.25) is 0 Å². The third kappa shape index (κ3) is 3.63. The number of esters is 1. The van der Waals surface area contributed by atoms with E-state index in [0.717, 1.165) is 22.6 Å². The second-order valence-corrected chi connectivity index (χ2v) is 5.16. The summed E-state index contributed by atoms with van der Waals surface area (Å²) in [7, 11) is 0. The summed E-state index contributed by atoms with van der Waals surface area (Å²) < 4.78 is 10.9. The van der Waals surface area contributed by atoms with Gasteiger partial charge in [0.05, 0.1) is 24.2 Å². The first kappa shape index (κ1) is 15.8. The number of aromatic nitrogens is 2. The number of para-hydroxylation sites is 1. The van der Waals surface area contributed by atoms with Gasteiger partial charge in [0, 0.05) is 11.8 Å². The molecule has 0 bridgehead atoms. The van der Waals surface area contributed by atoms with Crippen LogP contribution in [-0.4, -0.2) is 22.5 Å². The van der Waals surface area contributed by atoms with Crippen molar-refractivity contribution < 1.29 is 14.3 Å². The van der Waals surface area contributed by atoms with Gasteiger partial charge >= 0.3 is 5.97 Å². The van der Waals surface area contributed by atoms with Gasteiger partial charge < -0.3 is 14.5 Å². The first-order valence-electron chi connectivity index (χ1n) is 7.75. The van der Waals surface area contributed by atoms with E-state index in [-0.39, 0.29) is 5.97 Å². The molecule has 0 aliphatic heterocycles. The molecule has 1 N–H and O–H groups in total. The number of aromatic amines is 1. The molecule has 0 spiro atoms. The maximum atomic E-state index is 11.6. The van der Waals surface area contributed by atoms with Crippen molar-refractivity contribution >= 4 is 5.97 Å². The van der Waals surface area contributed by atoms with Crippen LogP contribution < -0.4 is 4.74 Å². The predicted octanol–water partition coefficient (Wildman–Crippen LogP) is 3.83. The minimum atomic E-state index is -0.311. The van der Waals surface area contributed by atoms with Crippen molar-refractivity contribution in [2.75, 3.05) is 6.61 Å². The van der Waals surface area contributed by atoms with Gasteiger partial charge in [0.25, 0.3) is 0 Å². The van der Waals surface area contributed by atoms with Crippen molar-refractivity contribution in [2.45, 2.75) is 13.5 Å². The second kappa shape index (κ2) is 7.46. The number of hydrogen-bond acceptors (Lipinski definition) is 4. The zero-order valence-electron chi connectivity index (χ0n) is 13.4. The van der Waals surface area contributed by atoms with E-state index in [9.17, 15) is 4.79 Å². The van der Waals surface area contributed by atoms with Crippen LogP contribution in [0.25, 0.3) is 11.3 Å². The lowest BCUT2D eigenvalue weighted by atomic mass is 10.1. The molecule has 5 heteroatoms. The van der Waals surface area contributed by atoms with Gasteiger partial charge in [0.1, 0.15) is 12.4 Å². The largest absolute Gasteiger partial charge is 0.488 e. The summed E-state index contributed by atoms with van der Waals surface area (Å²) in [6.07, 6.45) is 3.47. The minimum Gasteiger partial charge on any atom is -0.488 e. The molecule has 0 atom stereocenters. The van der Waals surface area contributed by atoms with Crippen LogP contribution in [0.3, 0.4) is 0 Å². The summed E-state index contributed by atoms with van der Waals surface area (Å²) in [4.78, 5) is 18.9. The van der Waals surface area contributed by atoms with E-state index in [1.54, 1.807) is 25.4 Å². The molecule has 5 nitrogen and oxygen atoms in total. The summed E-state index contributed by atoms with van der Waals surface area (Å²) in [6, 6.07) is 15.0. The highest BCUT2D eigenvalue weighted by Gasteiger charge is 2.09. The molecule has 2 aromatic carbocycles. The van der Waals surface area contributed by atoms with Crippen molar-refractivity contribution in [2.24, 2.45) is 0 Å². The number of nitrogens with zero attached hydrogens (tertiary/aromatic N) is 1. The summed E-state index contributed by atoms with van der Waals surface area (Å²) >= 11 is 0. The average molecular weight is 322 g/mol. The van der Waals surface area contributed by atoms with Gasteiger partial charge in [-0.25, -0.2) is 9.78 Å². The Morgan fingerprint density at radius 1 is 1.12 bits per heavy atom. The summed E-state index contributed by atoms with van der Waals surface area (Å²) in [5, 5.41) is 0. The quantitative estimate of drug-likeness (QED) is 0.701. The molecular formula is C19H18N2O3. The number of nitrogens with one attached hydrogen (secondary N) is 1. The summed E-state index contributed by atoms with van der Waals surface area (Å²) in [5.74, 6) is 0.452. The second-order valence-electron chi connectivity index (χ2n) is 5.16. The third-order valence-corrected chi connectivity index (χ3v) is 3.52. The fourth-order valence-corrected chi connectivity index (χ4v) is 2.32. The Hall–Kier alpha value is -3.08. The van der Waals surface area contributed by atoms with Crippen LogP contribution >= 0.6 is 0 Å². The smallest absolute Gasteiger partial charge is 0.338 e. The number of hydrogen-bond donors (Lipinski definition) is 1. The van der Waals surface area contributed by atoms with E-state index in [1.807, 2.05) is 42.6 Å². The van der Waals surface area contributed by atoms with Gasteiger partial charge in [-0.1, -0.05) is 24.3 Å². The molecule has 0 saturated heterocycles. The van der Waals surface area contributed by atoms with Gasteiger partial charge in [0.2, 0.25) is 0 Å². The molecule has 0 radical (unpaired) electrons. The maximum Gasteiger partial charge on any atom is 0.338 e. The Morgan fingerprint density at radius 3 is 2.62 bits per heavy atom. The number of rotatable bonds is 6. The Bertz CT molecular complexity index is 796. The molecule has 0 aliphatic carbocycles. The summed E-state index contributed by atoms with van der Waals surface area (Å²) in [6.45, 7) is 2.56. The monoisotopic (exact) mass is 322 g/mol. The highest BCUT2D eigenvalue weighted by molar-refractivity contribution is 5.89. The van der Waals surface area contributed by atoms with E-state index >= 15 is 0 Å². The average Bonchev–Trinajstić information content (AvgIpc) is 3.15. The minimum absolute atomic E-state index is 0.311. The van der Waals surface area contributed by atoms with Crippen LogP contribution in [0.5, 0.6) is 5.75 Å². The topological polar surface area (TPSA) is 64.2 Å². The fraction of sp³-hybridized carbons (Fsp3) is 0.158. The molecule has 122 valence electrons. The predicted molar refractivity (Wildman–Crippen MR) is 90.8 cm³/mol. The molecule has 1 aromatic heterocycles. The number of H-pyrrole nitrogens is 1. The van der Waals surface area contributed by atoms with Gasteiger partial charge in [-0.05, 0) is 36.8 Å². The van der Waals surface area contributed by atoms with E-state index in [0.29, 0.717) is 18.8 Å². The Kier molecular flexibility index (Phi) is 4.91. The van der Waals surface area contributed by atoms with E-state index in [2.05, 4.69) is 9.97 Å². The van der Waals surface area contributed by atoms with E-state index in [4.69, 9.17) is 9.47 Å². The third-order valence-electron chi connectivity index (χ3n) is 3.52. The molecular weight excluding hydrogens is 304 g/mol. The van der Waals surface area contributed by atoms with E-state index < -0.39 is 0 Å². The first-order valence-corrected chi connectivity index (χ1v) is 7.75. The number of imidazole rings is 1. The van der Waals surface area contributed by atoms with Gasteiger partial charge in [0.15, 0.2) is 0 Å². The van der Waals surface area contributed by atoms with Crippen LogP contribution in [0.15, 0.2) is 61.1 Å². The SMILES string of the molecule is CCOC(=O)c1ccc(COc2ccccc2-c2c[nH]cn2)cc1. The number of benzene rings is 2. The molecule has 0 amide bonds. The zero-order valence-corrected chi connectivity index (χ0v) is 13.4. The molecule has 3 aromatic rings. The first-order chi connectivity index (χ1) is 11.8. The highest BCUT2D eigenvalue weighted by atomic mass is 16.5. The highest BCUT2D eigenvalue weighted by Crippen LogP contribution is 2.28. The zero-order chi connectivity index (χ0) is 16.8. The normalized spacial score (nSPS) is 10.4. The van der Waals surface area contributed by atoms with Crippen molar-refractivity contribution in [1.82, 2.24) is 9.97 Å². The number of carbonyl (C=O) groups excluding carboxylic acids is 1. The summed E-state index contributed by atoms with van der Waals surface area (Å²) in [5.41, 5.74) is 3.28. The Morgan fingerprint density at radius 2 is 1.92 bits per heavy atom. The lowest BCUT2D eigenvalue weighted by molar-refractivity contribution is 0.0526. The van der Waals surface area contributed by atoms with Crippen LogP contribution in [0, 0.1) is 0 Å². The lowest BCUT2D eigenvalue weighted by Crippen LogP contribution is -2.05. The van der Waals surface area contributed by atoms with Crippen LogP contribution in [0.1, 0.15) is 22.8 Å². The molecule has 0 aliphatic rings. The van der Waals surface area contributed by atoms with Crippen molar-refractivity contribution in [3.05, 3.63) is 72.2 Å². The number of carbonyl (C=O) groups is 1. The Balaban J connectivity index is 1.69. The van der Waals surface area contributed by atoms with Gasteiger partial charge in [-0.2, -0.15) is 0 Å². The lowest BCUT2D eigenvalue weighted by Gasteiger charge is -2.10. The van der Waals surface area contributed by atoms with Crippen molar-refractivity contribution in [1.29, 1.82) is 0 Å². The molecule has 0 fully saturated rings. The van der Waals surface area contributed by atoms with Crippen LogP contribution in [-0.2, 0) is 11.3 Å². The van der Waals surface area contributed by atoms with E-state index in [1.165, 1.54) is 0 Å². The van der Waals surface area contributed by atoms with Crippen molar-refractivity contribution in [3.8, 4) is 17.0 Å². The van der Waals surface area contributed by atoms with Crippen LogP contribution in [0.4, 0.5) is 0 Å². The fourth-order valence-electron chi connectivity index (χ4n) is 2.32.